The molecule has 0 fully saturated rings. The second-order valence-electron chi connectivity index (χ2n) is 1.88. The molecule has 0 saturated carbocycles. The number of carboxylic acid groups (broad SMARTS) is 2. The van der Waals surface area contributed by atoms with Gasteiger partial charge >= 0.3 is 11.9 Å². The first kappa shape index (κ1) is 13.0. The predicted octanol–water partition coefficient (Wildman–Crippen LogP) is -0.739. The van der Waals surface area contributed by atoms with Crippen molar-refractivity contribution < 1.29 is 36.9 Å². The van der Waals surface area contributed by atoms with E-state index in [0.29, 0.717) is 0 Å². The van der Waals surface area contributed by atoms with Gasteiger partial charge in [-0.1, -0.05) is 0 Å². The molecule has 0 aromatic rings. The zero-order valence-electron chi connectivity index (χ0n) is 5.58. The summed E-state index contributed by atoms with van der Waals surface area (Å²) in [4.78, 5) is 19.9. The average molecular weight is 211 g/mol. The summed E-state index contributed by atoms with van der Waals surface area (Å²) in [6, 6.07) is -1.06. The molecule has 0 unspecified atom stereocenters. The molecule has 6 heteroatoms. The van der Waals surface area contributed by atoms with Crippen molar-refractivity contribution in [2.45, 2.75) is 18.9 Å². The number of carbonyl (C=O) groups is 2. The SMILES string of the molecule is N[C@@H](CCC(=O)O)C(=O)O.[Cu]. The fraction of sp³-hybridized carbons (Fsp3) is 0.600. The number of rotatable bonds is 4. The molecular formula is C5H9CuNO4. The monoisotopic (exact) mass is 210 g/mol. The van der Waals surface area contributed by atoms with Crippen molar-refractivity contribution in [3.05, 3.63) is 0 Å². The Morgan fingerprint density at radius 3 is 2.09 bits per heavy atom. The Hall–Kier alpha value is -0.581. The Labute approximate surface area is 74.0 Å². The molecule has 0 aliphatic heterocycles. The van der Waals surface area contributed by atoms with Crippen LogP contribution < -0.4 is 5.73 Å². The fourth-order valence-electron chi connectivity index (χ4n) is 0.402. The maximum absolute atomic E-state index is 9.99. The van der Waals surface area contributed by atoms with Gasteiger partial charge in [0, 0.05) is 23.5 Å². The zero-order valence-corrected chi connectivity index (χ0v) is 6.52. The van der Waals surface area contributed by atoms with Crippen LogP contribution >= 0.6 is 0 Å². The van der Waals surface area contributed by atoms with E-state index in [-0.39, 0.29) is 29.9 Å². The van der Waals surface area contributed by atoms with E-state index in [4.69, 9.17) is 15.9 Å². The van der Waals surface area contributed by atoms with Crippen molar-refractivity contribution in [1.29, 1.82) is 0 Å². The Bertz CT molecular complexity index is 149. The fourth-order valence-corrected chi connectivity index (χ4v) is 0.402. The first-order valence-electron chi connectivity index (χ1n) is 2.74. The topological polar surface area (TPSA) is 101 Å². The van der Waals surface area contributed by atoms with Gasteiger partial charge in [-0.3, -0.25) is 9.59 Å². The largest absolute Gasteiger partial charge is 0.481 e. The van der Waals surface area contributed by atoms with Gasteiger partial charge in [0.05, 0.1) is 0 Å². The molecule has 0 saturated heterocycles. The summed E-state index contributed by atoms with van der Waals surface area (Å²) < 4.78 is 0. The van der Waals surface area contributed by atoms with E-state index in [0.717, 1.165) is 0 Å². The third kappa shape index (κ3) is 7.31. The van der Waals surface area contributed by atoms with Crippen molar-refractivity contribution in [3.8, 4) is 0 Å². The molecular weight excluding hydrogens is 202 g/mol. The van der Waals surface area contributed by atoms with Crippen molar-refractivity contribution >= 4 is 11.9 Å². The first-order valence-corrected chi connectivity index (χ1v) is 2.74. The number of hydrogen-bond donors (Lipinski definition) is 3. The smallest absolute Gasteiger partial charge is 0.320 e. The van der Waals surface area contributed by atoms with Gasteiger partial charge in [-0.2, -0.15) is 0 Å². The van der Waals surface area contributed by atoms with E-state index in [2.05, 4.69) is 0 Å². The Balaban J connectivity index is 0. The van der Waals surface area contributed by atoms with Gasteiger partial charge in [0.1, 0.15) is 6.04 Å². The van der Waals surface area contributed by atoms with Gasteiger partial charge in [0.2, 0.25) is 0 Å². The van der Waals surface area contributed by atoms with Crippen molar-refractivity contribution in [1.82, 2.24) is 0 Å². The molecule has 4 N–H and O–H groups in total. The Morgan fingerprint density at radius 1 is 1.36 bits per heavy atom. The minimum atomic E-state index is -1.17. The van der Waals surface area contributed by atoms with Gasteiger partial charge < -0.3 is 15.9 Å². The molecule has 0 spiro atoms. The molecule has 0 aliphatic carbocycles. The van der Waals surface area contributed by atoms with E-state index >= 15 is 0 Å². The summed E-state index contributed by atoms with van der Waals surface area (Å²) in [5.41, 5.74) is 5.00. The molecule has 0 rings (SSSR count). The minimum Gasteiger partial charge on any atom is -0.481 e. The first-order chi connectivity index (χ1) is 4.54. The molecule has 0 bridgehead atoms. The van der Waals surface area contributed by atoms with Gasteiger partial charge in [-0.05, 0) is 6.42 Å². The molecule has 0 aromatic carbocycles. The summed E-state index contributed by atoms with van der Waals surface area (Å²) >= 11 is 0. The zero-order chi connectivity index (χ0) is 8.15. The third-order valence-electron chi connectivity index (χ3n) is 0.986. The standard InChI is InChI=1S/C5H9NO4.Cu/c6-3(5(9)10)1-2-4(7)8;/h3H,1-2,6H2,(H,7,8)(H,9,10);/t3-;/m0./s1. The normalized spacial score (nSPS) is 11.4. The Kier molecular flexibility index (Phi) is 7.29. The van der Waals surface area contributed by atoms with Gasteiger partial charge in [-0.15, -0.1) is 0 Å². The minimum absolute atomic E-state index is 0. The van der Waals surface area contributed by atoms with Crippen molar-refractivity contribution in [2.24, 2.45) is 5.73 Å². The van der Waals surface area contributed by atoms with Crippen LogP contribution in [-0.2, 0) is 26.7 Å². The average Bonchev–Trinajstić information content (AvgIpc) is 1.82. The summed E-state index contributed by atoms with van der Waals surface area (Å²) in [5, 5.41) is 16.3. The number of nitrogens with two attached hydrogens (primary N) is 1. The van der Waals surface area contributed by atoms with E-state index in [9.17, 15) is 9.59 Å². The molecule has 69 valence electrons. The van der Waals surface area contributed by atoms with Crippen LogP contribution in [0, 0.1) is 0 Å². The predicted molar refractivity (Wildman–Crippen MR) is 32.5 cm³/mol. The second kappa shape index (κ2) is 6.15. The maximum Gasteiger partial charge on any atom is 0.320 e. The second-order valence-corrected chi connectivity index (χ2v) is 1.88. The van der Waals surface area contributed by atoms with Gasteiger partial charge in [-0.25, -0.2) is 0 Å². The molecule has 5 nitrogen and oxygen atoms in total. The van der Waals surface area contributed by atoms with E-state index in [1.165, 1.54) is 0 Å². The van der Waals surface area contributed by atoms with Crippen LogP contribution in [0.3, 0.4) is 0 Å². The maximum atomic E-state index is 9.99. The number of aliphatic carboxylic acids is 2. The van der Waals surface area contributed by atoms with Crippen LogP contribution in [0.5, 0.6) is 0 Å². The Morgan fingerprint density at radius 2 is 1.82 bits per heavy atom. The van der Waals surface area contributed by atoms with Crippen molar-refractivity contribution in [2.75, 3.05) is 0 Å². The van der Waals surface area contributed by atoms with Gasteiger partial charge in [0.25, 0.3) is 0 Å². The van der Waals surface area contributed by atoms with Gasteiger partial charge in [0.15, 0.2) is 0 Å². The van der Waals surface area contributed by atoms with Crippen LogP contribution in [-0.4, -0.2) is 28.2 Å². The molecule has 1 radical (unpaired) electrons. The van der Waals surface area contributed by atoms with Crippen LogP contribution in [0.15, 0.2) is 0 Å². The summed E-state index contributed by atoms with van der Waals surface area (Å²) in [5.74, 6) is -2.20. The summed E-state index contributed by atoms with van der Waals surface area (Å²) in [7, 11) is 0. The van der Waals surface area contributed by atoms with Crippen LogP contribution in [0.2, 0.25) is 0 Å². The van der Waals surface area contributed by atoms with E-state index < -0.39 is 18.0 Å². The quantitative estimate of drug-likeness (QED) is 0.531. The summed E-state index contributed by atoms with van der Waals surface area (Å²) in [6.45, 7) is 0. The van der Waals surface area contributed by atoms with E-state index in [1.54, 1.807) is 0 Å². The summed E-state index contributed by atoms with van der Waals surface area (Å²) in [6.07, 6.45) is -0.224. The van der Waals surface area contributed by atoms with Crippen LogP contribution in [0.1, 0.15) is 12.8 Å². The molecule has 0 amide bonds. The van der Waals surface area contributed by atoms with E-state index in [1.807, 2.05) is 0 Å². The molecule has 1 atom stereocenters. The van der Waals surface area contributed by atoms with Crippen LogP contribution in [0.25, 0.3) is 0 Å². The third-order valence-corrected chi connectivity index (χ3v) is 0.986. The number of carboxylic acids is 2. The van der Waals surface area contributed by atoms with Crippen LogP contribution in [0.4, 0.5) is 0 Å². The molecule has 0 heterocycles. The molecule has 11 heavy (non-hydrogen) atoms. The molecule has 0 aromatic heterocycles. The number of hydrogen-bond acceptors (Lipinski definition) is 3. The van der Waals surface area contributed by atoms with Crippen molar-refractivity contribution in [3.63, 3.8) is 0 Å². The molecule has 0 aliphatic rings.